The van der Waals surface area contributed by atoms with Gasteiger partial charge in [0, 0.05) is 5.56 Å². The normalized spacial score (nSPS) is 16.7. The van der Waals surface area contributed by atoms with Gasteiger partial charge < -0.3 is 9.26 Å². The Morgan fingerprint density at radius 2 is 2.17 bits per heavy atom. The number of fused-ring (bicyclic) bond motifs is 1. The van der Waals surface area contributed by atoms with E-state index in [1.165, 1.54) is 5.56 Å². The maximum atomic E-state index is 12.1. The Hall–Kier alpha value is -2.30. The van der Waals surface area contributed by atoms with Crippen LogP contribution in [0.2, 0.25) is 0 Å². The summed E-state index contributed by atoms with van der Waals surface area (Å²) in [6.45, 7) is 4.25. The SMILES string of the molecule is CCc1ccc(OCC(=O)Nc2onc3c2CC(C)CC3)cc1. The first-order valence-corrected chi connectivity index (χ1v) is 8.14. The molecule has 0 fully saturated rings. The number of hydrogen-bond acceptors (Lipinski definition) is 4. The minimum Gasteiger partial charge on any atom is -0.484 e. The second kappa shape index (κ2) is 6.86. The van der Waals surface area contributed by atoms with Crippen molar-refractivity contribution in [1.29, 1.82) is 0 Å². The molecular weight excluding hydrogens is 292 g/mol. The largest absolute Gasteiger partial charge is 0.484 e. The van der Waals surface area contributed by atoms with E-state index in [2.05, 4.69) is 24.3 Å². The number of aromatic nitrogens is 1. The molecule has 0 spiro atoms. The van der Waals surface area contributed by atoms with Crippen molar-refractivity contribution in [2.75, 3.05) is 11.9 Å². The van der Waals surface area contributed by atoms with Gasteiger partial charge in [-0.15, -0.1) is 0 Å². The number of nitrogens with one attached hydrogen (secondary N) is 1. The van der Waals surface area contributed by atoms with Gasteiger partial charge in [0.25, 0.3) is 5.91 Å². The van der Waals surface area contributed by atoms with Crippen molar-refractivity contribution in [3.05, 3.63) is 41.1 Å². The van der Waals surface area contributed by atoms with Crippen LogP contribution in [0.5, 0.6) is 5.75 Å². The Morgan fingerprint density at radius 3 is 2.91 bits per heavy atom. The monoisotopic (exact) mass is 314 g/mol. The van der Waals surface area contributed by atoms with Gasteiger partial charge in [-0.05, 0) is 49.3 Å². The van der Waals surface area contributed by atoms with Crippen LogP contribution in [-0.2, 0) is 24.1 Å². The van der Waals surface area contributed by atoms with E-state index in [4.69, 9.17) is 9.26 Å². The fraction of sp³-hybridized carbons (Fsp3) is 0.444. The van der Waals surface area contributed by atoms with Crippen LogP contribution in [0.4, 0.5) is 5.88 Å². The molecule has 1 N–H and O–H groups in total. The van der Waals surface area contributed by atoms with Crippen molar-refractivity contribution in [2.45, 2.75) is 39.5 Å². The minimum atomic E-state index is -0.234. The number of rotatable bonds is 5. The van der Waals surface area contributed by atoms with Gasteiger partial charge in [-0.2, -0.15) is 0 Å². The lowest BCUT2D eigenvalue weighted by molar-refractivity contribution is -0.118. The number of carbonyl (C=O) groups is 1. The summed E-state index contributed by atoms with van der Waals surface area (Å²) < 4.78 is 10.8. The smallest absolute Gasteiger partial charge is 0.264 e. The van der Waals surface area contributed by atoms with Gasteiger partial charge in [0.15, 0.2) is 6.61 Å². The summed E-state index contributed by atoms with van der Waals surface area (Å²) in [5.74, 6) is 1.51. The second-order valence-corrected chi connectivity index (χ2v) is 6.12. The average Bonchev–Trinajstić information content (AvgIpc) is 2.95. The first-order chi connectivity index (χ1) is 11.2. The predicted molar refractivity (Wildman–Crippen MR) is 87.6 cm³/mol. The van der Waals surface area contributed by atoms with E-state index in [1.54, 1.807) is 0 Å². The number of anilines is 1. The molecule has 5 heteroatoms. The van der Waals surface area contributed by atoms with Gasteiger partial charge in [-0.3, -0.25) is 10.1 Å². The molecule has 5 nitrogen and oxygen atoms in total. The highest BCUT2D eigenvalue weighted by molar-refractivity contribution is 5.91. The molecule has 3 rings (SSSR count). The summed E-state index contributed by atoms with van der Waals surface area (Å²) in [5.41, 5.74) is 3.24. The van der Waals surface area contributed by atoms with E-state index in [0.29, 0.717) is 17.6 Å². The van der Waals surface area contributed by atoms with Crippen molar-refractivity contribution in [3.63, 3.8) is 0 Å². The van der Waals surface area contributed by atoms with E-state index in [-0.39, 0.29) is 12.5 Å². The molecule has 2 aromatic rings. The Labute approximate surface area is 136 Å². The van der Waals surface area contributed by atoms with Crippen molar-refractivity contribution in [1.82, 2.24) is 5.16 Å². The molecule has 1 amide bonds. The van der Waals surface area contributed by atoms with Crippen LogP contribution in [0.3, 0.4) is 0 Å². The first kappa shape index (κ1) is 15.6. The molecule has 1 heterocycles. The summed E-state index contributed by atoms with van der Waals surface area (Å²) in [6, 6.07) is 7.76. The molecule has 1 unspecified atom stereocenters. The van der Waals surface area contributed by atoms with Gasteiger partial charge in [0.05, 0.1) is 5.69 Å². The van der Waals surface area contributed by atoms with E-state index < -0.39 is 0 Å². The third-order valence-electron chi connectivity index (χ3n) is 4.25. The van der Waals surface area contributed by atoms with E-state index in [1.807, 2.05) is 24.3 Å². The topological polar surface area (TPSA) is 64.4 Å². The molecule has 0 radical (unpaired) electrons. The lowest BCUT2D eigenvalue weighted by Crippen LogP contribution is -2.21. The highest BCUT2D eigenvalue weighted by Gasteiger charge is 2.24. The lowest BCUT2D eigenvalue weighted by atomic mass is 9.89. The van der Waals surface area contributed by atoms with E-state index >= 15 is 0 Å². The molecule has 1 atom stereocenters. The summed E-state index contributed by atoms with van der Waals surface area (Å²) in [4.78, 5) is 12.1. The number of hydrogen-bond donors (Lipinski definition) is 1. The Morgan fingerprint density at radius 1 is 1.39 bits per heavy atom. The fourth-order valence-corrected chi connectivity index (χ4v) is 2.81. The second-order valence-electron chi connectivity index (χ2n) is 6.12. The van der Waals surface area contributed by atoms with E-state index in [9.17, 15) is 4.79 Å². The molecule has 0 bridgehead atoms. The summed E-state index contributed by atoms with van der Waals surface area (Å²) in [7, 11) is 0. The summed E-state index contributed by atoms with van der Waals surface area (Å²) in [6.07, 6.45) is 3.91. The number of ether oxygens (including phenoxy) is 1. The Bertz CT molecular complexity index is 676. The Balaban J connectivity index is 1.56. The lowest BCUT2D eigenvalue weighted by Gasteiger charge is -2.16. The molecule has 23 heavy (non-hydrogen) atoms. The van der Waals surface area contributed by atoms with Crippen LogP contribution < -0.4 is 10.1 Å². The van der Waals surface area contributed by atoms with Gasteiger partial charge >= 0.3 is 0 Å². The van der Waals surface area contributed by atoms with Gasteiger partial charge in [-0.25, -0.2) is 0 Å². The van der Waals surface area contributed by atoms with Crippen LogP contribution in [0.15, 0.2) is 28.8 Å². The molecule has 0 saturated heterocycles. The average molecular weight is 314 g/mol. The maximum Gasteiger partial charge on any atom is 0.264 e. The zero-order chi connectivity index (χ0) is 16.2. The quantitative estimate of drug-likeness (QED) is 0.919. The van der Waals surface area contributed by atoms with Crippen LogP contribution in [0.1, 0.15) is 37.1 Å². The maximum absolute atomic E-state index is 12.1. The van der Waals surface area contributed by atoms with Crippen LogP contribution >= 0.6 is 0 Å². The predicted octanol–water partition coefficient (Wildman–Crippen LogP) is 3.38. The third kappa shape index (κ3) is 3.73. The van der Waals surface area contributed by atoms with Crippen LogP contribution in [0.25, 0.3) is 0 Å². The van der Waals surface area contributed by atoms with Gasteiger partial charge in [0.2, 0.25) is 5.88 Å². The zero-order valence-corrected chi connectivity index (χ0v) is 13.6. The molecule has 1 aliphatic carbocycles. The number of carbonyl (C=O) groups excluding carboxylic acids is 1. The molecule has 1 aromatic heterocycles. The molecule has 0 saturated carbocycles. The molecule has 1 aliphatic rings. The Kier molecular flexibility index (Phi) is 4.65. The van der Waals surface area contributed by atoms with Crippen molar-refractivity contribution < 1.29 is 14.1 Å². The summed E-state index contributed by atoms with van der Waals surface area (Å²) in [5, 5.41) is 6.82. The zero-order valence-electron chi connectivity index (χ0n) is 13.6. The summed E-state index contributed by atoms with van der Waals surface area (Å²) >= 11 is 0. The number of benzene rings is 1. The fourth-order valence-electron chi connectivity index (χ4n) is 2.81. The number of amides is 1. The molecule has 1 aromatic carbocycles. The highest BCUT2D eigenvalue weighted by Crippen LogP contribution is 2.30. The molecule has 122 valence electrons. The molecular formula is C18H22N2O3. The first-order valence-electron chi connectivity index (χ1n) is 8.14. The van der Waals surface area contributed by atoms with Gasteiger partial charge in [-0.1, -0.05) is 31.1 Å². The minimum absolute atomic E-state index is 0.0451. The highest BCUT2D eigenvalue weighted by atomic mass is 16.5. The van der Waals surface area contributed by atoms with Crippen molar-refractivity contribution >= 4 is 11.8 Å². The van der Waals surface area contributed by atoms with Crippen molar-refractivity contribution in [3.8, 4) is 5.75 Å². The van der Waals surface area contributed by atoms with E-state index in [0.717, 1.165) is 36.9 Å². The van der Waals surface area contributed by atoms with Gasteiger partial charge in [0.1, 0.15) is 5.75 Å². The van der Waals surface area contributed by atoms with Crippen LogP contribution in [-0.4, -0.2) is 17.7 Å². The number of nitrogens with zero attached hydrogens (tertiary/aromatic N) is 1. The molecule has 0 aliphatic heterocycles. The standard InChI is InChI=1S/C18H22N2O3/c1-3-13-5-7-14(8-6-13)22-11-17(21)19-18-15-10-12(2)4-9-16(15)20-23-18/h5-8,12H,3-4,9-11H2,1-2H3,(H,19,21). The number of aryl methyl sites for hydroxylation is 2. The van der Waals surface area contributed by atoms with Crippen LogP contribution in [0, 0.1) is 5.92 Å². The third-order valence-corrected chi connectivity index (χ3v) is 4.25. The van der Waals surface area contributed by atoms with Crippen molar-refractivity contribution in [2.24, 2.45) is 5.92 Å².